The standard InChI is InChI=1S/C25H30N4O4/c1-33-22-6-4-18(5-7-22)23(30)26-13-8-19(9-14-26)24(31)27-15-10-20(11-16-27)29-17-21-3-2-12-28(21)25(29)32/h2-7,12,19-20H,8-11,13-17H2,1H3. The van der Waals surface area contributed by atoms with Gasteiger partial charge in [0.05, 0.1) is 13.7 Å². The quantitative estimate of drug-likeness (QED) is 0.718. The molecule has 2 fully saturated rings. The van der Waals surface area contributed by atoms with Crippen molar-refractivity contribution in [1.29, 1.82) is 0 Å². The van der Waals surface area contributed by atoms with Gasteiger partial charge in [0.2, 0.25) is 5.91 Å². The number of rotatable bonds is 4. The third kappa shape index (κ3) is 4.10. The summed E-state index contributed by atoms with van der Waals surface area (Å²) in [5.41, 5.74) is 1.68. The Balaban J connectivity index is 1.10. The Morgan fingerprint density at radius 3 is 2.21 bits per heavy atom. The smallest absolute Gasteiger partial charge is 0.329 e. The fourth-order valence-electron chi connectivity index (χ4n) is 5.30. The number of hydrogen-bond acceptors (Lipinski definition) is 4. The monoisotopic (exact) mass is 450 g/mol. The molecule has 5 rings (SSSR count). The largest absolute Gasteiger partial charge is 0.497 e. The lowest BCUT2D eigenvalue weighted by Crippen LogP contribution is -2.50. The summed E-state index contributed by atoms with van der Waals surface area (Å²) < 4.78 is 6.88. The number of methoxy groups -OCH3 is 1. The molecule has 0 atom stereocenters. The van der Waals surface area contributed by atoms with E-state index in [1.807, 2.05) is 33.0 Å². The molecule has 4 heterocycles. The van der Waals surface area contributed by atoms with Crippen LogP contribution in [0.15, 0.2) is 42.6 Å². The van der Waals surface area contributed by atoms with Crippen molar-refractivity contribution in [2.45, 2.75) is 38.3 Å². The lowest BCUT2D eigenvalue weighted by Gasteiger charge is -2.39. The molecule has 0 aliphatic carbocycles. The first-order valence-electron chi connectivity index (χ1n) is 11.7. The number of amides is 3. The molecule has 3 aliphatic rings. The van der Waals surface area contributed by atoms with Gasteiger partial charge in [-0.3, -0.25) is 14.2 Å². The molecule has 3 amide bonds. The van der Waals surface area contributed by atoms with Crippen LogP contribution in [0, 0.1) is 5.92 Å². The number of benzene rings is 1. The third-order valence-corrected chi connectivity index (χ3v) is 7.30. The molecule has 0 N–H and O–H groups in total. The highest BCUT2D eigenvalue weighted by Gasteiger charge is 2.37. The summed E-state index contributed by atoms with van der Waals surface area (Å²) in [5, 5.41) is 0. The Labute approximate surface area is 193 Å². The van der Waals surface area contributed by atoms with Gasteiger partial charge in [-0.1, -0.05) is 0 Å². The first kappa shape index (κ1) is 21.6. The van der Waals surface area contributed by atoms with Gasteiger partial charge in [0.15, 0.2) is 0 Å². The van der Waals surface area contributed by atoms with Crippen LogP contribution in [0.3, 0.4) is 0 Å². The summed E-state index contributed by atoms with van der Waals surface area (Å²) in [7, 11) is 1.60. The molecule has 0 spiro atoms. The van der Waals surface area contributed by atoms with Gasteiger partial charge >= 0.3 is 6.03 Å². The summed E-state index contributed by atoms with van der Waals surface area (Å²) in [4.78, 5) is 44.3. The molecule has 2 saturated heterocycles. The van der Waals surface area contributed by atoms with Gasteiger partial charge in [-0.15, -0.1) is 0 Å². The van der Waals surface area contributed by atoms with Gasteiger partial charge < -0.3 is 19.4 Å². The molecule has 0 saturated carbocycles. The zero-order valence-electron chi connectivity index (χ0n) is 19.0. The molecule has 0 radical (unpaired) electrons. The van der Waals surface area contributed by atoms with Crippen LogP contribution in [0.4, 0.5) is 4.79 Å². The number of aromatic nitrogens is 1. The SMILES string of the molecule is COc1ccc(C(=O)N2CCC(C(=O)N3CCC(N4Cc5cccn5C4=O)CC3)CC2)cc1. The van der Waals surface area contributed by atoms with E-state index in [0.717, 1.165) is 24.3 Å². The minimum atomic E-state index is -0.0318. The van der Waals surface area contributed by atoms with E-state index < -0.39 is 0 Å². The topological polar surface area (TPSA) is 75.1 Å². The summed E-state index contributed by atoms with van der Waals surface area (Å²) >= 11 is 0. The number of fused-ring (bicyclic) bond motifs is 1. The van der Waals surface area contributed by atoms with Crippen molar-refractivity contribution in [3.05, 3.63) is 53.9 Å². The van der Waals surface area contributed by atoms with E-state index >= 15 is 0 Å². The number of ether oxygens (including phenoxy) is 1. The molecule has 0 bridgehead atoms. The number of likely N-dealkylation sites (tertiary alicyclic amines) is 2. The van der Waals surface area contributed by atoms with E-state index in [2.05, 4.69) is 0 Å². The number of hydrogen-bond donors (Lipinski definition) is 0. The molecule has 8 nitrogen and oxygen atoms in total. The maximum absolute atomic E-state index is 13.1. The van der Waals surface area contributed by atoms with E-state index in [9.17, 15) is 14.4 Å². The summed E-state index contributed by atoms with van der Waals surface area (Å²) in [6.45, 7) is 3.22. The van der Waals surface area contributed by atoms with Gasteiger partial charge in [0.25, 0.3) is 5.91 Å². The number of carbonyl (C=O) groups excluding carboxylic acids is 3. The predicted octanol–water partition coefficient (Wildman–Crippen LogP) is 2.82. The Bertz CT molecular complexity index is 1030. The molecular weight excluding hydrogens is 420 g/mol. The summed E-state index contributed by atoms with van der Waals surface area (Å²) in [5.74, 6) is 0.896. The molecular formula is C25H30N4O4. The maximum atomic E-state index is 13.1. The molecule has 8 heteroatoms. The molecule has 2 aromatic rings. The van der Waals surface area contributed by atoms with Crippen molar-refractivity contribution in [2.75, 3.05) is 33.3 Å². The van der Waals surface area contributed by atoms with Crippen LogP contribution in [0.1, 0.15) is 41.7 Å². The minimum absolute atomic E-state index is 0.00473. The molecule has 174 valence electrons. The van der Waals surface area contributed by atoms with E-state index in [-0.39, 0.29) is 29.8 Å². The highest BCUT2D eigenvalue weighted by Crippen LogP contribution is 2.28. The van der Waals surface area contributed by atoms with Gasteiger partial charge in [-0.05, 0) is 62.1 Å². The number of piperidine rings is 2. The van der Waals surface area contributed by atoms with E-state index in [1.165, 1.54) is 0 Å². The fourth-order valence-corrected chi connectivity index (χ4v) is 5.30. The Morgan fingerprint density at radius 2 is 1.58 bits per heavy atom. The second-order valence-electron chi connectivity index (χ2n) is 9.13. The van der Waals surface area contributed by atoms with Gasteiger partial charge in [-0.25, -0.2) is 4.79 Å². The van der Waals surface area contributed by atoms with E-state index in [4.69, 9.17) is 4.74 Å². The molecule has 33 heavy (non-hydrogen) atoms. The van der Waals surface area contributed by atoms with Gasteiger partial charge in [0.1, 0.15) is 5.75 Å². The normalized spacial score (nSPS) is 19.7. The van der Waals surface area contributed by atoms with Crippen molar-refractivity contribution in [2.24, 2.45) is 5.92 Å². The first-order valence-corrected chi connectivity index (χ1v) is 11.7. The van der Waals surface area contributed by atoms with Crippen molar-refractivity contribution < 1.29 is 19.1 Å². The molecule has 1 aromatic heterocycles. The highest BCUT2D eigenvalue weighted by molar-refractivity contribution is 5.94. The minimum Gasteiger partial charge on any atom is -0.497 e. The summed E-state index contributed by atoms with van der Waals surface area (Å²) in [6.07, 6.45) is 4.84. The zero-order valence-corrected chi connectivity index (χ0v) is 19.0. The van der Waals surface area contributed by atoms with Crippen LogP contribution in [0.5, 0.6) is 5.75 Å². The van der Waals surface area contributed by atoms with Gasteiger partial charge in [-0.2, -0.15) is 0 Å². The first-order chi connectivity index (χ1) is 16.0. The second-order valence-corrected chi connectivity index (χ2v) is 9.13. The molecule has 1 aromatic carbocycles. The van der Waals surface area contributed by atoms with Crippen LogP contribution >= 0.6 is 0 Å². The highest BCUT2D eigenvalue weighted by atomic mass is 16.5. The van der Waals surface area contributed by atoms with Crippen LogP contribution < -0.4 is 4.74 Å². The van der Waals surface area contributed by atoms with Crippen molar-refractivity contribution in [3.63, 3.8) is 0 Å². The lowest BCUT2D eigenvalue weighted by molar-refractivity contribution is -0.138. The van der Waals surface area contributed by atoms with Crippen LogP contribution in [0.25, 0.3) is 0 Å². The Morgan fingerprint density at radius 1 is 0.909 bits per heavy atom. The molecule has 3 aliphatic heterocycles. The Kier molecular flexibility index (Phi) is 5.83. The number of carbonyl (C=O) groups is 3. The van der Waals surface area contributed by atoms with Gasteiger partial charge in [0, 0.05) is 55.6 Å². The lowest BCUT2D eigenvalue weighted by atomic mass is 9.93. The van der Waals surface area contributed by atoms with Crippen molar-refractivity contribution in [3.8, 4) is 5.75 Å². The average Bonchev–Trinajstić information content (AvgIpc) is 3.46. The van der Waals surface area contributed by atoms with E-state index in [1.54, 1.807) is 35.9 Å². The van der Waals surface area contributed by atoms with Crippen LogP contribution in [0.2, 0.25) is 0 Å². The second kappa shape index (κ2) is 8.92. The maximum Gasteiger partial charge on any atom is 0.329 e. The van der Waals surface area contributed by atoms with Crippen LogP contribution in [-0.2, 0) is 11.3 Å². The van der Waals surface area contributed by atoms with E-state index in [0.29, 0.717) is 51.1 Å². The number of nitrogens with zero attached hydrogens (tertiary/aromatic N) is 4. The third-order valence-electron chi connectivity index (χ3n) is 7.30. The van der Waals surface area contributed by atoms with Crippen LogP contribution in [-0.4, -0.2) is 76.4 Å². The van der Waals surface area contributed by atoms with Crippen molar-refractivity contribution in [1.82, 2.24) is 19.3 Å². The average molecular weight is 451 g/mol. The van der Waals surface area contributed by atoms with Crippen molar-refractivity contribution >= 4 is 17.8 Å². The summed E-state index contributed by atoms with van der Waals surface area (Å²) in [6, 6.07) is 11.3. The predicted molar refractivity (Wildman–Crippen MR) is 122 cm³/mol. The molecule has 0 unspecified atom stereocenters. The Hall–Kier alpha value is -3.29. The zero-order chi connectivity index (χ0) is 22.9. The fraction of sp³-hybridized carbons (Fsp3) is 0.480.